The first-order chi connectivity index (χ1) is 18.0. The van der Waals surface area contributed by atoms with Crippen molar-refractivity contribution in [3.8, 4) is 0 Å². The van der Waals surface area contributed by atoms with Crippen LogP contribution in [0.2, 0.25) is 0 Å². The summed E-state index contributed by atoms with van der Waals surface area (Å²) in [6.07, 6.45) is 0. The molecular formula is C29H31N3O5. The fourth-order valence-corrected chi connectivity index (χ4v) is 4.64. The summed E-state index contributed by atoms with van der Waals surface area (Å²) in [7, 11) is 2.54. The highest BCUT2D eigenvalue weighted by Gasteiger charge is 2.27. The van der Waals surface area contributed by atoms with E-state index in [-0.39, 0.29) is 35.3 Å². The average molecular weight is 502 g/mol. The number of hydrogen-bond acceptors (Lipinski definition) is 7. The van der Waals surface area contributed by atoms with E-state index in [2.05, 4.69) is 63.6 Å². The van der Waals surface area contributed by atoms with Gasteiger partial charge >= 0.3 is 11.9 Å². The van der Waals surface area contributed by atoms with E-state index in [0.29, 0.717) is 0 Å². The number of nitrogens with zero attached hydrogens (tertiary/aromatic N) is 2. The largest absolute Gasteiger partial charge is 0.465 e. The Bertz CT molecular complexity index is 1190. The normalized spacial score (nSPS) is 14.2. The highest BCUT2D eigenvalue weighted by atomic mass is 16.5. The van der Waals surface area contributed by atoms with Gasteiger partial charge in [0.1, 0.15) is 0 Å². The molecule has 1 heterocycles. The van der Waals surface area contributed by atoms with E-state index in [9.17, 15) is 14.4 Å². The lowest BCUT2D eigenvalue weighted by Crippen LogP contribution is -2.49. The topological polar surface area (TPSA) is 88.2 Å². The molecule has 37 heavy (non-hydrogen) atoms. The first-order valence-electron chi connectivity index (χ1n) is 12.2. The van der Waals surface area contributed by atoms with Crippen molar-refractivity contribution in [2.45, 2.75) is 6.04 Å². The van der Waals surface area contributed by atoms with Gasteiger partial charge in [0.2, 0.25) is 5.91 Å². The second-order valence-corrected chi connectivity index (χ2v) is 8.83. The van der Waals surface area contributed by atoms with Crippen molar-refractivity contribution in [2.75, 3.05) is 52.3 Å². The van der Waals surface area contributed by atoms with Gasteiger partial charge in [-0.3, -0.25) is 14.6 Å². The Morgan fingerprint density at radius 2 is 1.35 bits per heavy atom. The van der Waals surface area contributed by atoms with E-state index in [1.165, 1.54) is 43.5 Å². The fraction of sp³-hybridized carbons (Fsp3) is 0.276. The van der Waals surface area contributed by atoms with Gasteiger partial charge in [-0.25, -0.2) is 9.59 Å². The Hall–Kier alpha value is -4.01. The summed E-state index contributed by atoms with van der Waals surface area (Å²) >= 11 is 0. The molecule has 0 aromatic heterocycles. The van der Waals surface area contributed by atoms with Gasteiger partial charge in [-0.1, -0.05) is 60.7 Å². The van der Waals surface area contributed by atoms with Crippen LogP contribution in [-0.2, 0) is 14.3 Å². The van der Waals surface area contributed by atoms with Gasteiger partial charge in [-0.2, -0.15) is 0 Å². The number of amides is 1. The number of benzene rings is 3. The molecule has 3 aromatic carbocycles. The summed E-state index contributed by atoms with van der Waals surface area (Å²) in [5.74, 6) is -1.44. The zero-order valence-electron chi connectivity index (χ0n) is 21.1. The smallest absolute Gasteiger partial charge is 0.339 e. The maximum atomic E-state index is 12.9. The number of hydrogen-bond donors (Lipinski definition) is 1. The van der Waals surface area contributed by atoms with Crippen molar-refractivity contribution >= 4 is 23.5 Å². The van der Waals surface area contributed by atoms with Crippen LogP contribution in [0.1, 0.15) is 37.9 Å². The molecule has 3 aromatic rings. The van der Waals surface area contributed by atoms with E-state index >= 15 is 0 Å². The molecular weight excluding hydrogens is 470 g/mol. The quantitative estimate of drug-likeness (QED) is 0.472. The lowest BCUT2D eigenvalue weighted by atomic mass is 9.96. The van der Waals surface area contributed by atoms with E-state index in [0.717, 1.165) is 26.2 Å². The van der Waals surface area contributed by atoms with Gasteiger partial charge in [-0.05, 0) is 29.3 Å². The number of methoxy groups -OCH3 is 2. The third-order valence-electron chi connectivity index (χ3n) is 6.49. The Kier molecular flexibility index (Phi) is 8.66. The van der Waals surface area contributed by atoms with Crippen molar-refractivity contribution in [3.05, 3.63) is 101 Å². The first-order valence-corrected chi connectivity index (χ1v) is 12.2. The molecule has 4 rings (SSSR count). The van der Waals surface area contributed by atoms with Crippen LogP contribution >= 0.6 is 0 Å². The Balaban J connectivity index is 1.42. The molecule has 1 aliphatic rings. The number of piperazine rings is 1. The van der Waals surface area contributed by atoms with E-state index in [4.69, 9.17) is 9.47 Å². The van der Waals surface area contributed by atoms with E-state index in [1.807, 2.05) is 12.1 Å². The Labute approximate surface area is 216 Å². The van der Waals surface area contributed by atoms with Crippen LogP contribution in [0.3, 0.4) is 0 Å². The number of rotatable bonds is 8. The van der Waals surface area contributed by atoms with Crippen molar-refractivity contribution in [1.82, 2.24) is 9.80 Å². The fourth-order valence-electron chi connectivity index (χ4n) is 4.64. The molecule has 8 heteroatoms. The van der Waals surface area contributed by atoms with Gasteiger partial charge in [0.05, 0.1) is 43.6 Å². The van der Waals surface area contributed by atoms with E-state index in [1.54, 1.807) is 0 Å². The van der Waals surface area contributed by atoms with E-state index < -0.39 is 11.9 Å². The van der Waals surface area contributed by atoms with Crippen LogP contribution in [-0.4, -0.2) is 74.6 Å². The molecule has 1 fully saturated rings. The third-order valence-corrected chi connectivity index (χ3v) is 6.49. The lowest BCUT2D eigenvalue weighted by Gasteiger charge is -2.39. The molecule has 0 saturated carbocycles. The minimum atomic E-state index is -0.604. The summed E-state index contributed by atoms with van der Waals surface area (Å²) in [6, 6.07) is 25.4. The molecule has 0 radical (unpaired) electrons. The second kappa shape index (κ2) is 12.3. The number of anilines is 1. The lowest BCUT2D eigenvalue weighted by molar-refractivity contribution is -0.117. The van der Waals surface area contributed by atoms with Crippen LogP contribution in [0.5, 0.6) is 0 Å². The molecule has 0 spiro atoms. The van der Waals surface area contributed by atoms with Gasteiger partial charge in [0, 0.05) is 26.2 Å². The van der Waals surface area contributed by atoms with Crippen molar-refractivity contribution < 1.29 is 23.9 Å². The molecule has 0 bridgehead atoms. The highest BCUT2D eigenvalue weighted by molar-refractivity contribution is 6.03. The molecule has 192 valence electrons. The van der Waals surface area contributed by atoms with Crippen LogP contribution < -0.4 is 5.32 Å². The second-order valence-electron chi connectivity index (χ2n) is 8.83. The number of esters is 2. The van der Waals surface area contributed by atoms with Crippen LogP contribution in [0.4, 0.5) is 5.69 Å². The number of carbonyl (C=O) groups is 3. The summed E-state index contributed by atoms with van der Waals surface area (Å²) in [5, 5.41) is 2.78. The van der Waals surface area contributed by atoms with Crippen molar-refractivity contribution in [1.29, 1.82) is 0 Å². The highest BCUT2D eigenvalue weighted by Crippen LogP contribution is 2.29. The molecule has 0 unspecified atom stereocenters. The molecule has 1 amide bonds. The maximum Gasteiger partial charge on any atom is 0.339 e. The molecule has 1 aliphatic heterocycles. The molecule has 8 nitrogen and oxygen atoms in total. The number of ether oxygens (including phenoxy) is 2. The third kappa shape index (κ3) is 6.41. The zero-order valence-corrected chi connectivity index (χ0v) is 21.1. The minimum Gasteiger partial charge on any atom is -0.465 e. The predicted octanol–water partition coefficient (Wildman–Crippen LogP) is 3.61. The maximum absolute atomic E-state index is 12.9. The zero-order chi connectivity index (χ0) is 26.2. The minimum absolute atomic E-state index is 0.141. The van der Waals surface area contributed by atoms with Crippen LogP contribution in [0, 0.1) is 0 Å². The van der Waals surface area contributed by atoms with Gasteiger partial charge in [0.15, 0.2) is 0 Å². The Morgan fingerprint density at radius 1 is 0.784 bits per heavy atom. The molecule has 0 atom stereocenters. The standard InChI is InChI=1S/C29H31N3O5/c1-36-28(34)23-13-14-24(29(35)37-2)25(19-23)30-26(33)20-31-15-17-32(18-16-31)27(21-9-5-3-6-10-21)22-11-7-4-8-12-22/h3-14,19,27H,15-18,20H2,1-2H3,(H,30,33). The number of carbonyl (C=O) groups excluding carboxylic acids is 3. The summed E-state index contributed by atoms with van der Waals surface area (Å²) < 4.78 is 9.58. The monoisotopic (exact) mass is 501 g/mol. The Morgan fingerprint density at radius 3 is 1.89 bits per heavy atom. The summed E-state index contributed by atoms with van der Waals surface area (Å²) in [4.78, 5) is 41.6. The number of nitrogens with one attached hydrogen (secondary N) is 1. The van der Waals surface area contributed by atoms with Crippen LogP contribution in [0.15, 0.2) is 78.9 Å². The van der Waals surface area contributed by atoms with Gasteiger partial charge < -0.3 is 14.8 Å². The van der Waals surface area contributed by atoms with Crippen LogP contribution in [0.25, 0.3) is 0 Å². The first kappa shape index (κ1) is 26.1. The predicted molar refractivity (Wildman–Crippen MR) is 140 cm³/mol. The molecule has 0 aliphatic carbocycles. The molecule has 1 N–H and O–H groups in total. The van der Waals surface area contributed by atoms with Gasteiger partial charge in [-0.15, -0.1) is 0 Å². The summed E-state index contributed by atoms with van der Waals surface area (Å²) in [6.45, 7) is 3.20. The van der Waals surface area contributed by atoms with Crippen molar-refractivity contribution in [3.63, 3.8) is 0 Å². The molecule has 1 saturated heterocycles. The van der Waals surface area contributed by atoms with Crippen molar-refractivity contribution in [2.24, 2.45) is 0 Å². The summed E-state index contributed by atoms with van der Waals surface area (Å²) in [5.41, 5.74) is 3.09. The van der Waals surface area contributed by atoms with Gasteiger partial charge in [0.25, 0.3) is 0 Å². The average Bonchev–Trinajstić information content (AvgIpc) is 2.94. The SMILES string of the molecule is COC(=O)c1ccc(C(=O)OC)c(NC(=O)CN2CCN(C(c3ccccc3)c3ccccc3)CC2)c1.